The molecule has 0 amide bonds. The zero-order valence-electron chi connectivity index (χ0n) is 9.29. The number of nitrogens with zero attached hydrogens (tertiary/aromatic N) is 1. The first-order valence-electron chi connectivity index (χ1n) is 4.78. The van der Waals surface area contributed by atoms with Gasteiger partial charge >= 0.3 is 0 Å². The van der Waals surface area contributed by atoms with E-state index in [4.69, 9.17) is 0 Å². The molecule has 0 aromatic carbocycles. The lowest BCUT2D eigenvalue weighted by Gasteiger charge is -2.18. The Kier molecular flexibility index (Phi) is 3.81. The molecule has 0 spiro atoms. The molecule has 0 aliphatic heterocycles. The molecule has 1 heterocycles. The van der Waals surface area contributed by atoms with Gasteiger partial charge in [-0.25, -0.2) is 4.98 Å². The molecular formula is C11H18N2S. The fourth-order valence-corrected chi connectivity index (χ4v) is 1.90. The van der Waals surface area contributed by atoms with E-state index in [9.17, 15) is 0 Å². The number of pyridine rings is 1. The van der Waals surface area contributed by atoms with Crippen LogP contribution in [0.15, 0.2) is 18.3 Å². The third-order valence-corrected chi connectivity index (χ3v) is 3.11. The van der Waals surface area contributed by atoms with Gasteiger partial charge in [0, 0.05) is 29.3 Å². The molecule has 0 unspecified atom stereocenters. The van der Waals surface area contributed by atoms with Crippen molar-refractivity contribution in [1.29, 1.82) is 0 Å². The number of hydrogen-bond donors (Lipinski definition) is 1. The molecule has 0 saturated carbocycles. The van der Waals surface area contributed by atoms with Gasteiger partial charge < -0.3 is 5.32 Å². The highest BCUT2D eigenvalue weighted by Crippen LogP contribution is 2.28. The molecule has 2 nitrogen and oxygen atoms in total. The predicted octanol–water partition coefficient (Wildman–Crippen LogP) is 3.16. The molecule has 14 heavy (non-hydrogen) atoms. The summed E-state index contributed by atoms with van der Waals surface area (Å²) in [4.78, 5) is 4.27. The van der Waals surface area contributed by atoms with Crippen molar-refractivity contribution in [2.24, 2.45) is 0 Å². The van der Waals surface area contributed by atoms with Crippen LogP contribution in [0.5, 0.6) is 0 Å². The molecular weight excluding hydrogens is 192 g/mol. The second-order valence-corrected chi connectivity index (χ2v) is 5.96. The third kappa shape index (κ3) is 3.58. The average Bonchev–Trinajstić information content (AvgIpc) is 2.14. The molecule has 1 N–H and O–H groups in total. The molecule has 0 bridgehead atoms. The molecule has 78 valence electrons. The summed E-state index contributed by atoms with van der Waals surface area (Å²) in [6, 6.07) is 4.11. The van der Waals surface area contributed by atoms with Gasteiger partial charge in [0.05, 0.1) is 0 Å². The van der Waals surface area contributed by atoms with E-state index >= 15 is 0 Å². The van der Waals surface area contributed by atoms with Gasteiger partial charge in [-0.15, -0.1) is 0 Å². The zero-order chi connectivity index (χ0) is 10.6. The van der Waals surface area contributed by atoms with E-state index < -0.39 is 0 Å². The van der Waals surface area contributed by atoms with Crippen molar-refractivity contribution in [3.8, 4) is 0 Å². The quantitative estimate of drug-likeness (QED) is 0.829. The Morgan fingerprint density at radius 1 is 1.43 bits per heavy atom. The second kappa shape index (κ2) is 4.69. The summed E-state index contributed by atoms with van der Waals surface area (Å²) in [5.74, 6) is 2.00. The molecule has 0 fully saturated rings. The van der Waals surface area contributed by atoms with Crippen molar-refractivity contribution in [3.63, 3.8) is 0 Å². The Labute approximate surface area is 90.5 Å². The Hall–Kier alpha value is -0.700. The van der Waals surface area contributed by atoms with E-state index in [-0.39, 0.29) is 0 Å². The molecule has 3 heteroatoms. The number of thioether (sulfide) groups is 1. The van der Waals surface area contributed by atoms with Crippen LogP contribution in [0.2, 0.25) is 0 Å². The van der Waals surface area contributed by atoms with E-state index in [0.717, 1.165) is 11.6 Å². The third-order valence-electron chi connectivity index (χ3n) is 1.79. The minimum absolute atomic E-state index is 0.306. The molecule has 1 aromatic rings. The van der Waals surface area contributed by atoms with Crippen molar-refractivity contribution < 1.29 is 0 Å². The summed E-state index contributed by atoms with van der Waals surface area (Å²) in [5, 5.41) is 3.11. The monoisotopic (exact) mass is 210 g/mol. The molecule has 0 saturated heterocycles. The van der Waals surface area contributed by atoms with E-state index in [0.29, 0.717) is 4.75 Å². The maximum atomic E-state index is 4.27. The zero-order valence-corrected chi connectivity index (χ0v) is 10.1. The van der Waals surface area contributed by atoms with Crippen molar-refractivity contribution in [1.82, 2.24) is 4.98 Å². The Bertz CT molecular complexity index is 292. The Balaban J connectivity index is 2.67. The van der Waals surface area contributed by atoms with Crippen LogP contribution in [-0.2, 0) is 5.75 Å². The van der Waals surface area contributed by atoms with Gasteiger partial charge in [0.25, 0.3) is 0 Å². The van der Waals surface area contributed by atoms with Gasteiger partial charge in [-0.1, -0.05) is 26.8 Å². The lowest BCUT2D eigenvalue weighted by molar-refractivity contribution is 0.802. The van der Waals surface area contributed by atoms with E-state index in [2.05, 4.69) is 37.1 Å². The standard InChI is InChI=1S/C11H18N2S/c1-11(2,3)14-8-9-6-5-7-13-10(9)12-4/h5-7H,8H2,1-4H3,(H,12,13). The van der Waals surface area contributed by atoms with Crippen LogP contribution < -0.4 is 5.32 Å². The van der Waals surface area contributed by atoms with Gasteiger partial charge in [-0.2, -0.15) is 11.8 Å². The van der Waals surface area contributed by atoms with Crippen molar-refractivity contribution in [2.45, 2.75) is 31.3 Å². The summed E-state index contributed by atoms with van der Waals surface area (Å²) in [7, 11) is 1.91. The van der Waals surface area contributed by atoms with E-state index in [1.165, 1.54) is 5.56 Å². The fraction of sp³-hybridized carbons (Fsp3) is 0.545. The van der Waals surface area contributed by atoms with Gasteiger partial charge in [0.1, 0.15) is 5.82 Å². The number of aromatic nitrogens is 1. The molecule has 1 rings (SSSR count). The number of anilines is 1. The van der Waals surface area contributed by atoms with Crippen LogP contribution in [0.25, 0.3) is 0 Å². The number of nitrogens with one attached hydrogen (secondary N) is 1. The largest absolute Gasteiger partial charge is 0.373 e. The van der Waals surface area contributed by atoms with Crippen molar-refractivity contribution in [3.05, 3.63) is 23.9 Å². The minimum atomic E-state index is 0.306. The van der Waals surface area contributed by atoms with E-state index in [1.807, 2.05) is 31.1 Å². The number of hydrogen-bond acceptors (Lipinski definition) is 3. The highest BCUT2D eigenvalue weighted by atomic mass is 32.2. The SMILES string of the molecule is CNc1ncccc1CSC(C)(C)C. The minimum Gasteiger partial charge on any atom is -0.373 e. The van der Waals surface area contributed by atoms with Crippen LogP contribution in [0, 0.1) is 0 Å². The molecule has 0 radical (unpaired) electrons. The lowest BCUT2D eigenvalue weighted by Crippen LogP contribution is -2.08. The average molecular weight is 210 g/mol. The Morgan fingerprint density at radius 3 is 2.71 bits per heavy atom. The normalized spacial score (nSPS) is 11.4. The van der Waals surface area contributed by atoms with Crippen LogP contribution in [0.3, 0.4) is 0 Å². The van der Waals surface area contributed by atoms with Crippen molar-refractivity contribution in [2.75, 3.05) is 12.4 Å². The van der Waals surface area contributed by atoms with Crippen LogP contribution in [0.4, 0.5) is 5.82 Å². The molecule has 1 aromatic heterocycles. The van der Waals surface area contributed by atoms with Crippen LogP contribution in [-0.4, -0.2) is 16.8 Å². The van der Waals surface area contributed by atoms with Gasteiger partial charge in [0.15, 0.2) is 0 Å². The van der Waals surface area contributed by atoms with Gasteiger partial charge in [0.2, 0.25) is 0 Å². The van der Waals surface area contributed by atoms with Gasteiger partial charge in [-0.3, -0.25) is 0 Å². The first-order chi connectivity index (χ1) is 6.53. The predicted molar refractivity (Wildman–Crippen MR) is 64.8 cm³/mol. The summed E-state index contributed by atoms with van der Waals surface area (Å²) >= 11 is 1.94. The summed E-state index contributed by atoms with van der Waals surface area (Å²) in [6.07, 6.45) is 1.82. The first-order valence-corrected chi connectivity index (χ1v) is 5.77. The molecule has 0 aliphatic carbocycles. The maximum Gasteiger partial charge on any atom is 0.129 e. The first kappa shape index (κ1) is 11.4. The lowest BCUT2D eigenvalue weighted by atomic mass is 10.3. The summed E-state index contributed by atoms with van der Waals surface area (Å²) in [5.41, 5.74) is 1.27. The highest BCUT2D eigenvalue weighted by Gasteiger charge is 2.11. The Morgan fingerprint density at radius 2 is 2.14 bits per heavy atom. The second-order valence-electron chi connectivity index (χ2n) is 4.16. The summed E-state index contributed by atoms with van der Waals surface area (Å²) in [6.45, 7) is 6.69. The maximum absolute atomic E-state index is 4.27. The van der Waals surface area contributed by atoms with Gasteiger partial charge in [-0.05, 0) is 6.07 Å². The molecule has 0 aliphatic rings. The highest BCUT2D eigenvalue weighted by molar-refractivity contribution is 7.99. The van der Waals surface area contributed by atoms with Crippen LogP contribution >= 0.6 is 11.8 Å². The smallest absolute Gasteiger partial charge is 0.129 e. The summed E-state index contributed by atoms with van der Waals surface area (Å²) < 4.78 is 0.306. The fourth-order valence-electron chi connectivity index (χ4n) is 1.07. The van der Waals surface area contributed by atoms with Crippen molar-refractivity contribution >= 4 is 17.6 Å². The molecule has 0 atom stereocenters. The topological polar surface area (TPSA) is 24.9 Å². The van der Waals surface area contributed by atoms with Crippen LogP contribution in [0.1, 0.15) is 26.3 Å². The van der Waals surface area contributed by atoms with E-state index in [1.54, 1.807) is 0 Å². The number of rotatable bonds is 3.